The first-order chi connectivity index (χ1) is 11.1. The summed E-state index contributed by atoms with van der Waals surface area (Å²) in [7, 11) is 0. The number of anilines is 2. The Morgan fingerprint density at radius 1 is 1.13 bits per heavy atom. The van der Waals surface area contributed by atoms with E-state index in [1.54, 1.807) is 19.1 Å². The van der Waals surface area contributed by atoms with Crippen LogP contribution < -0.4 is 10.2 Å². The Hall–Kier alpha value is -2.99. The molecule has 0 radical (unpaired) electrons. The molecule has 1 N–H and O–H groups in total. The number of hydrogen-bond acceptors (Lipinski definition) is 5. The lowest BCUT2D eigenvalue weighted by Crippen LogP contribution is -2.33. The zero-order chi connectivity index (χ0) is 16.7. The summed E-state index contributed by atoms with van der Waals surface area (Å²) in [4.78, 5) is 15.6. The number of rotatable bonds is 3. The van der Waals surface area contributed by atoms with Gasteiger partial charge in [0.25, 0.3) is 0 Å². The summed E-state index contributed by atoms with van der Waals surface area (Å²) in [6.45, 7) is 4.90. The predicted molar refractivity (Wildman–Crippen MR) is 88.5 cm³/mol. The van der Waals surface area contributed by atoms with Crippen molar-refractivity contribution in [1.82, 2.24) is 4.90 Å². The van der Waals surface area contributed by atoms with Crippen LogP contribution in [0.1, 0.15) is 13.3 Å². The highest BCUT2D eigenvalue weighted by Gasteiger charge is 2.16. The van der Waals surface area contributed by atoms with Gasteiger partial charge >= 0.3 is 0 Å². The second kappa shape index (κ2) is 7.86. The van der Waals surface area contributed by atoms with E-state index in [4.69, 9.17) is 10.5 Å². The van der Waals surface area contributed by atoms with Crippen molar-refractivity contribution in [2.24, 2.45) is 0 Å². The van der Waals surface area contributed by atoms with Crippen LogP contribution in [0.3, 0.4) is 0 Å². The van der Waals surface area contributed by atoms with E-state index in [-0.39, 0.29) is 11.5 Å². The Balaban J connectivity index is 2.00. The van der Waals surface area contributed by atoms with Gasteiger partial charge in [0, 0.05) is 50.7 Å². The average Bonchev–Trinajstić information content (AvgIpc) is 2.82. The number of nitriles is 2. The molecule has 1 aliphatic rings. The average molecular weight is 309 g/mol. The van der Waals surface area contributed by atoms with Gasteiger partial charge in [-0.2, -0.15) is 10.5 Å². The minimum Gasteiger partial charge on any atom is -0.370 e. The molecule has 0 aromatic heterocycles. The highest BCUT2D eigenvalue weighted by molar-refractivity contribution is 5.73. The maximum Gasteiger partial charge on any atom is 0.219 e. The van der Waals surface area contributed by atoms with Gasteiger partial charge in [-0.3, -0.25) is 4.79 Å². The zero-order valence-corrected chi connectivity index (χ0v) is 13.1. The van der Waals surface area contributed by atoms with Gasteiger partial charge in [0.2, 0.25) is 5.91 Å². The largest absolute Gasteiger partial charge is 0.370 e. The fourth-order valence-corrected chi connectivity index (χ4v) is 2.50. The number of carbonyl (C=O) groups excluding carboxylic acids is 1. The van der Waals surface area contributed by atoms with E-state index in [1.807, 2.05) is 29.2 Å². The topological polar surface area (TPSA) is 83.2 Å². The van der Waals surface area contributed by atoms with E-state index in [0.29, 0.717) is 0 Å². The molecule has 1 aromatic rings. The third kappa shape index (κ3) is 4.49. The van der Waals surface area contributed by atoms with Gasteiger partial charge in [-0.1, -0.05) is 0 Å². The fourth-order valence-electron chi connectivity index (χ4n) is 2.50. The first kappa shape index (κ1) is 16.4. The Morgan fingerprint density at radius 3 is 2.43 bits per heavy atom. The lowest BCUT2D eigenvalue weighted by atomic mass is 10.2. The molecule has 1 amide bonds. The number of nitrogens with one attached hydrogen (secondary N) is 1. The van der Waals surface area contributed by atoms with E-state index in [0.717, 1.165) is 44.0 Å². The normalized spacial score (nSPS) is 14.2. The van der Waals surface area contributed by atoms with Crippen LogP contribution >= 0.6 is 0 Å². The van der Waals surface area contributed by atoms with Crippen molar-refractivity contribution >= 4 is 17.3 Å². The quantitative estimate of drug-likeness (QED) is 0.864. The molecule has 6 heteroatoms. The summed E-state index contributed by atoms with van der Waals surface area (Å²) in [5, 5.41) is 20.3. The molecule has 2 rings (SSSR count). The monoisotopic (exact) mass is 309 g/mol. The lowest BCUT2D eigenvalue weighted by Gasteiger charge is -2.23. The van der Waals surface area contributed by atoms with E-state index in [1.165, 1.54) is 6.20 Å². The molecular formula is C17H19N5O. The number of amides is 1. The zero-order valence-electron chi connectivity index (χ0n) is 13.1. The predicted octanol–water partition coefficient (Wildman–Crippen LogP) is 2.09. The number of allylic oxidation sites excluding steroid dienone is 1. The van der Waals surface area contributed by atoms with Gasteiger partial charge < -0.3 is 15.1 Å². The summed E-state index contributed by atoms with van der Waals surface area (Å²) in [6, 6.07) is 11.4. The minimum absolute atomic E-state index is 0.0333. The van der Waals surface area contributed by atoms with Crippen LogP contribution in [0.5, 0.6) is 0 Å². The number of benzene rings is 1. The number of hydrogen-bond donors (Lipinski definition) is 1. The van der Waals surface area contributed by atoms with E-state index < -0.39 is 0 Å². The summed E-state index contributed by atoms with van der Waals surface area (Å²) in [5.74, 6) is 0.129. The maximum atomic E-state index is 11.5. The Kier molecular flexibility index (Phi) is 5.60. The Morgan fingerprint density at radius 2 is 1.83 bits per heavy atom. The standard InChI is InChI=1S/C17H19N5O/c1-14(23)21-7-2-8-22(10-9-21)17-5-3-16(4-6-17)20-13-15(11-18)12-19/h3-6,13,20H,2,7-10H2,1H3. The van der Waals surface area contributed by atoms with Crippen LogP contribution in [-0.4, -0.2) is 37.0 Å². The molecule has 0 aliphatic carbocycles. The van der Waals surface area contributed by atoms with Gasteiger partial charge in [0.1, 0.15) is 17.7 Å². The van der Waals surface area contributed by atoms with Crippen LogP contribution in [0.2, 0.25) is 0 Å². The smallest absolute Gasteiger partial charge is 0.219 e. The molecule has 0 atom stereocenters. The molecule has 0 unspecified atom stereocenters. The molecular weight excluding hydrogens is 290 g/mol. The van der Waals surface area contributed by atoms with Crippen molar-refractivity contribution in [3.05, 3.63) is 36.0 Å². The first-order valence-corrected chi connectivity index (χ1v) is 7.51. The molecule has 0 spiro atoms. The molecule has 0 saturated carbocycles. The third-order valence-corrected chi connectivity index (χ3v) is 3.80. The second-order valence-corrected chi connectivity index (χ2v) is 5.32. The van der Waals surface area contributed by atoms with Gasteiger partial charge in [-0.05, 0) is 30.7 Å². The molecule has 1 fully saturated rings. The summed E-state index contributed by atoms with van der Waals surface area (Å²) >= 11 is 0. The summed E-state index contributed by atoms with van der Waals surface area (Å²) in [5.41, 5.74) is 1.95. The van der Waals surface area contributed by atoms with Crippen molar-refractivity contribution in [1.29, 1.82) is 10.5 Å². The fraction of sp³-hybridized carbons (Fsp3) is 0.353. The van der Waals surface area contributed by atoms with E-state index in [2.05, 4.69) is 10.2 Å². The van der Waals surface area contributed by atoms with Crippen molar-refractivity contribution in [2.75, 3.05) is 36.4 Å². The minimum atomic E-state index is 0.0333. The SMILES string of the molecule is CC(=O)N1CCCN(c2ccc(NC=C(C#N)C#N)cc2)CC1. The van der Waals surface area contributed by atoms with Crippen molar-refractivity contribution < 1.29 is 4.79 Å². The van der Waals surface area contributed by atoms with Crippen molar-refractivity contribution in [3.63, 3.8) is 0 Å². The third-order valence-electron chi connectivity index (χ3n) is 3.80. The molecule has 1 aromatic carbocycles. The maximum absolute atomic E-state index is 11.5. The van der Waals surface area contributed by atoms with Crippen LogP contribution in [0, 0.1) is 22.7 Å². The van der Waals surface area contributed by atoms with Crippen LogP contribution in [0.25, 0.3) is 0 Å². The number of nitrogens with zero attached hydrogens (tertiary/aromatic N) is 4. The molecule has 118 valence electrons. The Labute approximate surface area is 136 Å². The van der Waals surface area contributed by atoms with Gasteiger partial charge in [0.15, 0.2) is 0 Å². The number of carbonyl (C=O) groups is 1. The summed E-state index contributed by atoms with van der Waals surface area (Å²) in [6.07, 6.45) is 2.35. The molecule has 23 heavy (non-hydrogen) atoms. The molecule has 1 aliphatic heterocycles. The Bertz CT molecular complexity index is 650. The van der Waals surface area contributed by atoms with Crippen LogP contribution in [-0.2, 0) is 4.79 Å². The molecule has 1 heterocycles. The lowest BCUT2D eigenvalue weighted by molar-refractivity contribution is -0.128. The van der Waals surface area contributed by atoms with Gasteiger partial charge in [-0.25, -0.2) is 0 Å². The summed E-state index contributed by atoms with van der Waals surface area (Å²) < 4.78 is 0. The molecule has 0 bridgehead atoms. The van der Waals surface area contributed by atoms with Crippen LogP contribution in [0.15, 0.2) is 36.0 Å². The van der Waals surface area contributed by atoms with Crippen molar-refractivity contribution in [2.45, 2.75) is 13.3 Å². The highest BCUT2D eigenvalue weighted by atomic mass is 16.2. The molecule has 1 saturated heterocycles. The second-order valence-electron chi connectivity index (χ2n) is 5.32. The van der Waals surface area contributed by atoms with E-state index in [9.17, 15) is 4.79 Å². The van der Waals surface area contributed by atoms with Crippen molar-refractivity contribution in [3.8, 4) is 12.1 Å². The van der Waals surface area contributed by atoms with Gasteiger partial charge in [0.05, 0.1) is 0 Å². The van der Waals surface area contributed by atoms with E-state index >= 15 is 0 Å². The molecule has 6 nitrogen and oxygen atoms in total. The first-order valence-electron chi connectivity index (χ1n) is 7.51. The van der Waals surface area contributed by atoms with Gasteiger partial charge in [-0.15, -0.1) is 0 Å². The van der Waals surface area contributed by atoms with Crippen LogP contribution in [0.4, 0.5) is 11.4 Å². The highest BCUT2D eigenvalue weighted by Crippen LogP contribution is 2.20.